The first-order valence-electron chi connectivity index (χ1n) is 3.42. The molecule has 0 nitrogen and oxygen atoms in total. The molecular formula is C8H16. The number of hydrogen-bond donors (Lipinski definition) is 0. The van der Waals surface area contributed by atoms with Crippen LogP contribution in [0, 0.1) is 19.3 Å². The summed E-state index contributed by atoms with van der Waals surface area (Å²) in [7, 11) is 0. The summed E-state index contributed by atoms with van der Waals surface area (Å²) in [6.07, 6.45) is 5.90. The normalized spacial score (nSPS) is 13.9. The molecule has 1 unspecified atom stereocenters. The van der Waals surface area contributed by atoms with Crippen LogP contribution in [0.3, 0.4) is 0 Å². The van der Waals surface area contributed by atoms with Crippen LogP contribution in [-0.2, 0) is 0 Å². The lowest BCUT2D eigenvalue weighted by Crippen LogP contribution is -1.90. The summed E-state index contributed by atoms with van der Waals surface area (Å²) >= 11 is 0. The van der Waals surface area contributed by atoms with Crippen molar-refractivity contribution in [3.8, 4) is 0 Å². The maximum absolute atomic E-state index is 3.97. The standard InChI is InChI=1S/C8H16/c1-4-6-7-8(3)5-2/h4,8H,3,5-7H2,1-2H3. The number of hydrogen-bond acceptors (Lipinski definition) is 0. The zero-order valence-electron chi connectivity index (χ0n) is 5.98. The Bertz CT molecular complexity index is 39.3. The third-order valence-corrected chi connectivity index (χ3v) is 1.44. The third kappa shape index (κ3) is 4.17. The van der Waals surface area contributed by atoms with Crippen LogP contribution < -0.4 is 0 Å². The van der Waals surface area contributed by atoms with Crippen molar-refractivity contribution >= 4 is 0 Å². The Balaban J connectivity index is 2.86. The second-order valence-electron chi connectivity index (χ2n) is 2.26. The van der Waals surface area contributed by atoms with E-state index in [4.69, 9.17) is 0 Å². The lowest BCUT2D eigenvalue weighted by Gasteiger charge is -2.04. The molecule has 0 saturated carbocycles. The highest BCUT2D eigenvalue weighted by Crippen LogP contribution is 2.08. The van der Waals surface area contributed by atoms with E-state index in [1.54, 1.807) is 0 Å². The zero-order valence-corrected chi connectivity index (χ0v) is 5.98. The molecule has 8 heavy (non-hydrogen) atoms. The number of unbranched alkanes of at least 4 members (excludes halogenated alkanes) is 1. The zero-order chi connectivity index (χ0) is 6.41. The van der Waals surface area contributed by atoms with Gasteiger partial charge >= 0.3 is 0 Å². The van der Waals surface area contributed by atoms with Crippen LogP contribution >= 0.6 is 0 Å². The molecule has 0 saturated heterocycles. The molecular weight excluding hydrogens is 96.1 g/mol. The SMILES string of the molecule is [CH2]C(CC)CC[CH]C. The summed E-state index contributed by atoms with van der Waals surface area (Å²) in [6.45, 7) is 8.26. The molecule has 0 aliphatic heterocycles. The van der Waals surface area contributed by atoms with Gasteiger partial charge in [-0.2, -0.15) is 0 Å². The molecule has 0 N–H and O–H groups in total. The maximum atomic E-state index is 3.97. The molecule has 0 aromatic rings. The summed E-state index contributed by atoms with van der Waals surface area (Å²) in [5.41, 5.74) is 0. The van der Waals surface area contributed by atoms with Crippen molar-refractivity contribution in [2.45, 2.75) is 33.1 Å². The minimum atomic E-state index is 0.672. The number of rotatable bonds is 4. The van der Waals surface area contributed by atoms with Crippen LogP contribution in [0.25, 0.3) is 0 Å². The van der Waals surface area contributed by atoms with Crippen molar-refractivity contribution in [2.24, 2.45) is 5.92 Å². The summed E-state index contributed by atoms with van der Waals surface area (Å²) in [5.74, 6) is 0.672. The topological polar surface area (TPSA) is 0 Å². The van der Waals surface area contributed by atoms with E-state index in [9.17, 15) is 0 Å². The molecule has 1 atom stereocenters. The van der Waals surface area contributed by atoms with Gasteiger partial charge in [-0.15, -0.1) is 0 Å². The Morgan fingerprint density at radius 3 is 2.62 bits per heavy atom. The Labute approximate surface area is 53.3 Å². The molecule has 0 heterocycles. The Morgan fingerprint density at radius 2 is 2.25 bits per heavy atom. The van der Waals surface area contributed by atoms with Crippen LogP contribution in [0.15, 0.2) is 0 Å². The Hall–Kier alpha value is 0. The van der Waals surface area contributed by atoms with Crippen LogP contribution in [0.2, 0.25) is 0 Å². The van der Waals surface area contributed by atoms with Gasteiger partial charge in [-0.25, -0.2) is 0 Å². The average Bonchev–Trinajstić information content (AvgIpc) is 1.83. The first-order chi connectivity index (χ1) is 3.81. The Morgan fingerprint density at radius 1 is 1.62 bits per heavy atom. The lowest BCUT2D eigenvalue weighted by atomic mass is 10.0. The minimum Gasteiger partial charge on any atom is -0.0651 e. The third-order valence-electron chi connectivity index (χ3n) is 1.44. The van der Waals surface area contributed by atoms with Gasteiger partial charge in [0.2, 0.25) is 0 Å². The van der Waals surface area contributed by atoms with Crippen molar-refractivity contribution in [1.29, 1.82) is 0 Å². The monoisotopic (exact) mass is 112 g/mol. The first-order valence-corrected chi connectivity index (χ1v) is 3.42. The predicted octanol–water partition coefficient (Wildman–Crippen LogP) is 2.85. The quantitative estimate of drug-likeness (QED) is 0.524. The Kier molecular flexibility index (Phi) is 5.14. The van der Waals surface area contributed by atoms with Gasteiger partial charge in [0.15, 0.2) is 0 Å². The van der Waals surface area contributed by atoms with Crippen LogP contribution in [0.5, 0.6) is 0 Å². The van der Waals surface area contributed by atoms with E-state index in [1.165, 1.54) is 19.3 Å². The second kappa shape index (κ2) is 5.14. The van der Waals surface area contributed by atoms with E-state index >= 15 is 0 Å². The van der Waals surface area contributed by atoms with Crippen molar-refractivity contribution in [3.63, 3.8) is 0 Å². The lowest BCUT2D eigenvalue weighted by molar-refractivity contribution is 0.565. The van der Waals surface area contributed by atoms with Gasteiger partial charge in [-0.1, -0.05) is 40.0 Å². The fourth-order valence-corrected chi connectivity index (χ4v) is 0.606. The molecule has 0 aromatic carbocycles. The second-order valence-corrected chi connectivity index (χ2v) is 2.26. The maximum Gasteiger partial charge on any atom is -0.0417 e. The van der Waals surface area contributed by atoms with Crippen LogP contribution in [0.1, 0.15) is 33.1 Å². The highest BCUT2D eigenvalue weighted by molar-refractivity contribution is 4.63. The molecule has 0 heteroatoms. The summed E-state index contributed by atoms with van der Waals surface area (Å²) in [6, 6.07) is 0. The van der Waals surface area contributed by atoms with Gasteiger partial charge in [-0.05, 0) is 12.3 Å². The molecule has 0 aromatic heterocycles. The van der Waals surface area contributed by atoms with E-state index in [1.807, 2.05) is 0 Å². The van der Waals surface area contributed by atoms with Gasteiger partial charge in [0, 0.05) is 0 Å². The fraction of sp³-hybridized carbons (Fsp3) is 0.750. The van der Waals surface area contributed by atoms with Crippen LogP contribution in [0.4, 0.5) is 0 Å². The fourth-order valence-electron chi connectivity index (χ4n) is 0.606. The van der Waals surface area contributed by atoms with Crippen molar-refractivity contribution in [2.75, 3.05) is 0 Å². The molecule has 0 aliphatic carbocycles. The van der Waals surface area contributed by atoms with Gasteiger partial charge in [0.05, 0.1) is 0 Å². The highest BCUT2D eigenvalue weighted by atomic mass is 14.0. The first kappa shape index (κ1) is 8.00. The molecule has 0 bridgehead atoms. The van der Waals surface area contributed by atoms with Gasteiger partial charge in [0.25, 0.3) is 0 Å². The molecule has 2 radical (unpaired) electrons. The van der Waals surface area contributed by atoms with Gasteiger partial charge < -0.3 is 0 Å². The predicted molar refractivity (Wildman–Crippen MR) is 38.3 cm³/mol. The minimum absolute atomic E-state index is 0.672. The average molecular weight is 112 g/mol. The highest BCUT2D eigenvalue weighted by Gasteiger charge is 1.94. The van der Waals surface area contributed by atoms with Crippen molar-refractivity contribution in [3.05, 3.63) is 13.3 Å². The smallest absolute Gasteiger partial charge is 0.0417 e. The molecule has 0 spiro atoms. The largest absolute Gasteiger partial charge is 0.0651 e. The van der Waals surface area contributed by atoms with Gasteiger partial charge in [-0.3, -0.25) is 0 Å². The molecule has 0 fully saturated rings. The summed E-state index contributed by atoms with van der Waals surface area (Å²) in [4.78, 5) is 0. The van der Waals surface area contributed by atoms with Crippen molar-refractivity contribution < 1.29 is 0 Å². The van der Waals surface area contributed by atoms with E-state index in [-0.39, 0.29) is 0 Å². The van der Waals surface area contributed by atoms with Crippen molar-refractivity contribution in [1.82, 2.24) is 0 Å². The van der Waals surface area contributed by atoms with Crippen LogP contribution in [-0.4, -0.2) is 0 Å². The van der Waals surface area contributed by atoms with E-state index in [0.717, 1.165) is 0 Å². The summed E-state index contributed by atoms with van der Waals surface area (Å²) in [5, 5.41) is 0. The summed E-state index contributed by atoms with van der Waals surface area (Å²) < 4.78 is 0. The molecule has 0 rings (SSSR count). The molecule has 0 aliphatic rings. The van der Waals surface area contributed by atoms with E-state index in [0.29, 0.717) is 5.92 Å². The molecule has 0 amide bonds. The molecule has 48 valence electrons. The van der Waals surface area contributed by atoms with E-state index < -0.39 is 0 Å². The van der Waals surface area contributed by atoms with E-state index in [2.05, 4.69) is 27.2 Å². The van der Waals surface area contributed by atoms with Gasteiger partial charge in [0.1, 0.15) is 0 Å².